The molecule has 3 N–H and O–H groups in total. The van der Waals surface area contributed by atoms with Crippen molar-refractivity contribution in [1.29, 1.82) is 0 Å². The van der Waals surface area contributed by atoms with Gasteiger partial charge in [0.1, 0.15) is 5.75 Å². The van der Waals surface area contributed by atoms with Crippen molar-refractivity contribution in [3.05, 3.63) is 53.6 Å². The Morgan fingerprint density at radius 2 is 2.00 bits per heavy atom. The van der Waals surface area contributed by atoms with Gasteiger partial charge >= 0.3 is 0 Å². The van der Waals surface area contributed by atoms with Crippen LogP contribution in [0.15, 0.2) is 42.5 Å². The first-order chi connectivity index (χ1) is 10.1. The van der Waals surface area contributed by atoms with Gasteiger partial charge < -0.3 is 15.8 Å². The molecule has 1 amide bonds. The lowest BCUT2D eigenvalue weighted by Crippen LogP contribution is -2.13. The molecule has 0 aromatic heterocycles. The van der Waals surface area contributed by atoms with Gasteiger partial charge in [-0.1, -0.05) is 24.3 Å². The Labute approximate surface area is 124 Å². The molecule has 0 bridgehead atoms. The van der Waals surface area contributed by atoms with Crippen molar-refractivity contribution >= 4 is 17.3 Å². The number of rotatable bonds is 5. The highest BCUT2D eigenvalue weighted by atomic mass is 16.5. The van der Waals surface area contributed by atoms with Crippen LogP contribution in [0.2, 0.25) is 0 Å². The highest BCUT2D eigenvalue weighted by molar-refractivity contribution is 5.94. The molecule has 0 heterocycles. The van der Waals surface area contributed by atoms with Crippen LogP contribution >= 0.6 is 0 Å². The molecule has 110 valence electrons. The second-order valence-electron chi connectivity index (χ2n) is 4.93. The van der Waals surface area contributed by atoms with Gasteiger partial charge in [0.2, 0.25) is 5.91 Å². The number of hydrogen-bond donors (Lipinski definition) is 2. The van der Waals surface area contributed by atoms with Crippen LogP contribution in [0.25, 0.3) is 0 Å². The molecular weight excluding hydrogens is 264 g/mol. The summed E-state index contributed by atoms with van der Waals surface area (Å²) in [5.74, 6) is 0.625. The van der Waals surface area contributed by atoms with E-state index >= 15 is 0 Å². The summed E-state index contributed by atoms with van der Waals surface area (Å²) >= 11 is 0. The summed E-state index contributed by atoms with van der Waals surface area (Å²) in [6.45, 7) is 2.05. The number of nitrogen functional groups attached to an aromatic ring is 1. The minimum Gasteiger partial charge on any atom is -0.497 e. The largest absolute Gasteiger partial charge is 0.497 e. The SMILES string of the molecule is COc1ccc(NC(=O)CCc2ccccc2C)c(N)c1. The predicted octanol–water partition coefficient (Wildman–Crippen LogP) is 3.16. The zero-order valence-corrected chi connectivity index (χ0v) is 12.3. The molecule has 0 spiro atoms. The fourth-order valence-corrected chi connectivity index (χ4v) is 2.13. The Morgan fingerprint density at radius 1 is 1.24 bits per heavy atom. The average Bonchev–Trinajstić information content (AvgIpc) is 2.48. The smallest absolute Gasteiger partial charge is 0.224 e. The van der Waals surface area contributed by atoms with E-state index in [1.807, 2.05) is 18.2 Å². The number of nitrogens with one attached hydrogen (secondary N) is 1. The topological polar surface area (TPSA) is 64.3 Å². The van der Waals surface area contributed by atoms with E-state index < -0.39 is 0 Å². The molecule has 0 saturated heterocycles. The van der Waals surface area contributed by atoms with E-state index in [4.69, 9.17) is 10.5 Å². The molecular formula is C17H20N2O2. The number of carbonyl (C=O) groups excluding carboxylic acids is 1. The van der Waals surface area contributed by atoms with E-state index in [-0.39, 0.29) is 5.91 Å². The average molecular weight is 284 g/mol. The van der Waals surface area contributed by atoms with Gasteiger partial charge in [-0.25, -0.2) is 0 Å². The van der Waals surface area contributed by atoms with Gasteiger partial charge in [0.15, 0.2) is 0 Å². The molecule has 0 aliphatic heterocycles. The zero-order valence-electron chi connectivity index (χ0n) is 12.3. The highest BCUT2D eigenvalue weighted by Gasteiger charge is 2.07. The van der Waals surface area contributed by atoms with Gasteiger partial charge in [0.25, 0.3) is 0 Å². The third-order valence-electron chi connectivity index (χ3n) is 3.42. The minimum atomic E-state index is -0.0462. The van der Waals surface area contributed by atoms with Crippen LogP contribution in [-0.4, -0.2) is 13.0 Å². The normalized spacial score (nSPS) is 10.2. The van der Waals surface area contributed by atoms with Crippen LogP contribution in [0.4, 0.5) is 11.4 Å². The standard InChI is InChI=1S/C17H20N2O2/c1-12-5-3-4-6-13(12)7-10-17(20)19-16-9-8-14(21-2)11-15(16)18/h3-6,8-9,11H,7,10,18H2,1-2H3,(H,19,20). The van der Waals surface area contributed by atoms with Crippen LogP contribution in [0.1, 0.15) is 17.5 Å². The first-order valence-corrected chi connectivity index (χ1v) is 6.88. The maximum Gasteiger partial charge on any atom is 0.224 e. The lowest BCUT2D eigenvalue weighted by molar-refractivity contribution is -0.116. The van der Waals surface area contributed by atoms with Crippen molar-refractivity contribution in [2.75, 3.05) is 18.2 Å². The predicted molar refractivity (Wildman–Crippen MR) is 85.5 cm³/mol. The van der Waals surface area contributed by atoms with E-state index in [0.717, 1.165) is 0 Å². The molecule has 0 saturated carbocycles. The Bertz CT molecular complexity index is 638. The lowest BCUT2D eigenvalue weighted by atomic mass is 10.0. The van der Waals surface area contributed by atoms with Gasteiger partial charge in [-0.3, -0.25) is 4.79 Å². The fourth-order valence-electron chi connectivity index (χ4n) is 2.13. The van der Waals surface area contributed by atoms with E-state index in [2.05, 4.69) is 18.3 Å². The first-order valence-electron chi connectivity index (χ1n) is 6.88. The third kappa shape index (κ3) is 3.99. The summed E-state index contributed by atoms with van der Waals surface area (Å²) in [7, 11) is 1.58. The number of aryl methyl sites for hydroxylation is 2. The number of benzene rings is 2. The molecule has 0 atom stereocenters. The van der Waals surface area contributed by atoms with Crippen molar-refractivity contribution in [2.45, 2.75) is 19.8 Å². The number of nitrogens with two attached hydrogens (primary N) is 1. The molecule has 0 unspecified atom stereocenters. The van der Waals surface area contributed by atoms with Gasteiger partial charge in [0.05, 0.1) is 18.5 Å². The molecule has 4 nitrogen and oxygen atoms in total. The maximum atomic E-state index is 12.0. The van der Waals surface area contributed by atoms with Crippen molar-refractivity contribution < 1.29 is 9.53 Å². The summed E-state index contributed by atoms with van der Waals surface area (Å²) in [6, 6.07) is 13.3. The molecule has 2 aromatic rings. The number of ether oxygens (including phenoxy) is 1. The summed E-state index contributed by atoms with van der Waals surface area (Å²) in [4.78, 5) is 12.0. The van der Waals surface area contributed by atoms with Gasteiger partial charge in [-0.05, 0) is 36.6 Å². The van der Waals surface area contributed by atoms with E-state index in [1.54, 1.807) is 25.3 Å². The quantitative estimate of drug-likeness (QED) is 0.829. The van der Waals surface area contributed by atoms with Crippen LogP contribution in [0.5, 0.6) is 5.75 Å². The van der Waals surface area contributed by atoms with Gasteiger partial charge in [-0.2, -0.15) is 0 Å². The maximum absolute atomic E-state index is 12.0. The molecule has 2 rings (SSSR count). The number of hydrogen-bond acceptors (Lipinski definition) is 3. The Kier molecular flexibility index (Phi) is 4.82. The number of anilines is 2. The van der Waals surface area contributed by atoms with Crippen LogP contribution < -0.4 is 15.8 Å². The number of methoxy groups -OCH3 is 1. The Morgan fingerprint density at radius 3 is 2.67 bits per heavy atom. The summed E-state index contributed by atoms with van der Waals surface area (Å²) < 4.78 is 5.08. The van der Waals surface area contributed by atoms with Crippen LogP contribution in [0.3, 0.4) is 0 Å². The third-order valence-corrected chi connectivity index (χ3v) is 3.42. The van der Waals surface area contributed by atoms with Crippen molar-refractivity contribution in [1.82, 2.24) is 0 Å². The zero-order chi connectivity index (χ0) is 15.2. The summed E-state index contributed by atoms with van der Waals surface area (Å²) in [5.41, 5.74) is 9.39. The monoisotopic (exact) mass is 284 g/mol. The van der Waals surface area contributed by atoms with Crippen molar-refractivity contribution in [2.24, 2.45) is 0 Å². The van der Waals surface area contributed by atoms with Crippen LogP contribution in [-0.2, 0) is 11.2 Å². The molecule has 0 fully saturated rings. The lowest BCUT2D eigenvalue weighted by Gasteiger charge is -2.10. The number of carbonyl (C=O) groups is 1. The van der Waals surface area contributed by atoms with Gasteiger partial charge in [-0.15, -0.1) is 0 Å². The molecule has 21 heavy (non-hydrogen) atoms. The summed E-state index contributed by atoms with van der Waals surface area (Å²) in [5, 5.41) is 2.83. The minimum absolute atomic E-state index is 0.0462. The Hall–Kier alpha value is -2.49. The van der Waals surface area contributed by atoms with Crippen LogP contribution in [0, 0.1) is 6.92 Å². The molecule has 0 aliphatic rings. The molecule has 4 heteroatoms. The second-order valence-corrected chi connectivity index (χ2v) is 4.93. The second kappa shape index (κ2) is 6.79. The molecule has 2 aromatic carbocycles. The summed E-state index contributed by atoms with van der Waals surface area (Å²) in [6.07, 6.45) is 1.14. The van der Waals surface area contributed by atoms with E-state index in [0.29, 0.717) is 30.0 Å². The molecule has 0 radical (unpaired) electrons. The molecule has 0 aliphatic carbocycles. The van der Waals surface area contributed by atoms with E-state index in [1.165, 1.54) is 11.1 Å². The van der Waals surface area contributed by atoms with Gasteiger partial charge in [0, 0.05) is 12.5 Å². The Balaban J connectivity index is 1.95. The van der Waals surface area contributed by atoms with Crippen molar-refractivity contribution in [3.8, 4) is 5.75 Å². The van der Waals surface area contributed by atoms with Crippen molar-refractivity contribution in [3.63, 3.8) is 0 Å². The fraction of sp³-hybridized carbons (Fsp3) is 0.235. The highest BCUT2D eigenvalue weighted by Crippen LogP contribution is 2.24. The first kappa shape index (κ1) is 14.9. The van der Waals surface area contributed by atoms with E-state index in [9.17, 15) is 4.79 Å². The number of amides is 1.